The van der Waals surface area contributed by atoms with Crippen LogP contribution in [0.4, 0.5) is 52.7 Å². The molecular weight excluding hydrogens is 888 g/mol. The van der Waals surface area contributed by atoms with Crippen LogP contribution in [0.5, 0.6) is 11.5 Å². The molecule has 340 valence electrons. The van der Waals surface area contributed by atoms with Crippen LogP contribution >= 0.6 is 0 Å². The van der Waals surface area contributed by atoms with E-state index in [1.54, 1.807) is 12.5 Å². The summed E-state index contributed by atoms with van der Waals surface area (Å²) in [5, 5.41) is 21.1. The van der Waals surface area contributed by atoms with Gasteiger partial charge in [0.2, 0.25) is 0 Å². The first kappa shape index (κ1) is 48.4. The van der Waals surface area contributed by atoms with Crippen molar-refractivity contribution < 1.29 is 96.4 Å². The highest BCUT2D eigenvalue weighted by Gasteiger charge is 2.58. The molecule has 6 aromatic rings. The molecule has 0 radical (unpaired) electrons. The highest BCUT2D eigenvalue weighted by Crippen LogP contribution is 2.50. The first-order chi connectivity index (χ1) is 29.8. The number of nitrogens with zero attached hydrogens (tertiary/aromatic N) is 1. The van der Waals surface area contributed by atoms with Gasteiger partial charge < -0.3 is 29.2 Å². The Balaban J connectivity index is 0.00000118. The molecular formula is C42H31F12N2O8+. The fraction of sp³-hybridized carbons (Fsp3) is 0.238. The Labute approximate surface area is 352 Å². The third-order valence-corrected chi connectivity index (χ3v) is 9.24. The fourth-order valence-corrected chi connectivity index (χ4v) is 6.39. The van der Waals surface area contributed by atoms with Crippen LogP contribution in [0.25, 0.3) is 21.5 Å². The third-order valence-electron chi connectivity index (χ3n) is 9.24. The van der Waals surface area contributed by atoms with Gasteiger partial charge >= 0.3 is 37.0 Å². The molecule has 22 heteroatoms. The quantitative estimate of drug-likeness (QED) is 0.0908. The molecule has 6 rings (SSSR count). The van der Waals surface area contributed by atoms with Crippen molar-refractivity contribution in [1.82, 2.24) is 4.98 Å². The predicted molar refractivity (Wildman–Crippen MR) is 198 cm³/mol. The second-order valence-corrected chi connectivity index (χ2v) is 13.4. The summed E-state index contributed by atoms with van der Waals surface area (Å²) in [5.41, 5.74) is -11.9. The summed E-state index contributed by atoms with van der Waals surface area (Å²) in [6, 6.07) is 18.5. The Kier molecular flexibility index (Phi) is 14.3. The number of H-pyrrole nitrogens is 1. The number of benzene rings is 5. The summed E-state index contributed by atoms with van der Waals surface area (Å²) in [5.74, 6) is -5.62. The van der Waals surface area contributed by atoms with Gasteiger partial charge in [-0.1, -0.05) is 71.7 Å². The van der Waals surface area contributed by atoms with Crippen LogP contribution < -0.4 is 14.5 Å². The summed E-state index contributed by atoms with van der Waals surface area (Å²) in [4.78, 5) is 32.2. The number of hydrogen-bond donors (Lipinski definition) is 2. The smallest absolute Gasteiger partial charge is 0.462 e. The van der Waals surface area contributed by atoms with Crippen molar-refractivity contribution in [3.05, 3.63) is 144 Å². The molecule has 0 spiro atoms. The van der Waals surface area contributed by atoms with E-state index in [9.17, 15) is 72.5 Å². The van der Waals surface area contributed by atoms with Crippen molar-refractivity contribution >= 4 is 33.5 Å². The Morgan fingerprint density at radius 3 is 1.30 bits per heavy atom. The zero-order valence-corrected chi connectivity index (χ0v) is 32.2. The predicted octanol–water partition coefficient (Wildman–Crippen LogP) is 9.68. The van der Waals surface area contributed by atoms with Crippen LogP contribution in [0.15, 0.2) is 122 Å². The number of halogens is 12. The second kappa shape index (κ2) is 19.0. The van der Waals surface area contributed by atoms with Gasteiger partial charge in [-0.3, -0.25) is 4.98 Å². The number of fused-ring (bicyclic) bond motifs is 2. The Morgan fingerprint density at radius 1 is 0.547 bits per heavy atom. The summed E-state index contributed by atoms with van der Waals surface area (Å²) >= 11 is 0. The summed E-state index contributed by atoms with van der Waals surface area (Å²) in [7, 11) is 0. The van der Waals surface area contributed by atoms with Crippen molar-refractivity contribution in [3.8, 4) is 11.5 Å². The van der Waals surface area contributed by atoms with E-state index >= 15 is 0 Å². The van der Waals surface area contributed by atoms with Crippen LogP contribution in [0.1, 0.15) is 44.7 Å². The van der Waals surface area contributed by atoms with Gasteiger partial charge in [-0.2, -0.15) is 26.3 Å². The van der Waals surface area contributed by atoms with E-state index in [0.29, 0.717) is 12.1 Å². The minimum absolute atomic E-state index is 0.00717. The van der Waals surface area contributed by atoms with Gasteiger partial charge in [-0.05, 0) is 51.9 Å². The number of aromatic nitrogens is 2. The molecule has 1 aromatic heterocycles. The molecule has 10 nitrogen and oxygen atoms in total. The molecule has 0 amide bonds. The Bertz CT molecular complexity index is 2390. The van der Waals surface area contributed by atoms with Crippen molar-refractivity contribution in [3.63, 3.8) is 0 Å². The molecule has 2 atom stereocenters. The Hall–Kier alpha value is -6.68. The van der Waals surface area contributed by atoms with Crippen LogP contribution in [0, 0.1) is 0 Å². The molecule has 0 bridgehead atoms. The van der Waals surface area contributed by atoms with Gasteiger partial charge in [-0.15, -0.1) is 26.3 Å². The lowest BCUT2D eigenvalue weighted by molar-refractivity contribution is -0.382. The van der Waals surface area contributed by atoms with E-state index < -0.39 is 119 Å². The number of esters is 2. The van der Waals surface area contributed by atoms with Gasteiger partial charge in [0.25, 0.3) is 6.33 Å². The van der Waals surface area contributed by atoms with E-state index in [2.05, 4.69) is 19.4 Å². The minimum Gasteiger partial charge on any atom is -0.462 e. The molecule has 0 aliphatic rings. The van der Waals surface area contributed by atoms with Gasteiger partial charge in [0.1, 0.15) is 17.7 Å². The van der Waals surface area contributed by atoms with Crippen molar-refractivity contribution in [2.24, 2.45) is 0 Å². The fourth-order valence-electron chi connectivity index (χ4n) is 6.39. The molecule has 2 unspecified atom stereocenters. The highest BCUT2D eigenvalue weighted by atomic mass is 19.4. The van der Waals surface area contributed by atoms with Crippen molar-refractivity contribution in [2.45, 2.75) is 49.1 Å². The monoisotopic (exact) mass is 919 g/mol. The van der Waals surface area contributed by atoms with E-state index in [1.807, 2.05) is 12.3 Å². The second-order valence-electron chi connectivity index (χ2n) is 13.4. The summed E-state index contributed by atoms with van der Waals surface area (Å²) in [6.07, 6.45) is -20.3. The number of rotatable bonds is 12. The van der Waals surface area contributed by atoms with Gasteiger partial charge in [0.05, 0.1) is 30.5 Å². The van der Waals surface area contributed by atoms with Gasteiger partial charge in [0, 0.05) is 30.0 Å². The van der Waals surface area contributed by atoms with Crippen LogP contribution in [-0.2, 0) is 20.7 Å². The standard InChI is InChI=1S/C38H26F12O8.C4H4N2/c39-35(40,41)33(53,29-25-10-3-1-6-21(25)12-14-27(29)57-37(45,46)47)16-18-55-31(51)23-8-5-9-24(20-23)32(52)56-19-17-34(54,36(42,43)44)30-26-11-4-2-7-22(26)13-15-28(30)58-38(48,49)50;1-2-5-4-6-3-1/h1-15,20,53-54H,16-19H2;1-4H/p+1. The lowest BCUT2D eigenvalue weighted by Gasteiger charge is -2.33. The number of nitrogens with one attached hydrogen (secondary N) is 1. The first-order valence-electron chi connectivity index (χ1n) is 18.2. The molecule has 0 saturated heterocycles. The number of aliphatic hydroxyl groups is 2. The SMILES string of the molecule is O=C(OCCC(O)(c1c(OC(F)(F)F)ccc2ccccc12)C(F)(F)F)c1cccc(C(=O)OCCC(O)(c2c(OC(F)(F)F)ccc3ccccc23)C(F)(F)F)c1.c1cnc[nH+]c1. The molecule has 1 heterocycles. The number of carbonyl (C=O) groups is 2. The normalized spacial score (nSPS) is 14.1. The van der Waals surface area contributed by atoms with Gasteiger partial charge in [-0.25, -0.2) is 9.59 Å². The van der Waals surface area contributed by atoms with Crippen LogP contribution in [0.3, 0.4) is 0 Å². The van der Waals surface area contributed by atoms with Crippen molar-refractivity contribution in [1.29, 1.82) is 0 Å². The molecule has 0 saturated carbocycles. The zero-order chi connectivity index (χ0) is 47.1. The molecule has 64 heavy (non-hydrogen) atoms. The lowest BCUT2D eigenvalue weighted by Crippen LogP contribution is -2.44. The Morgan fingerprint density at radius 2 is 0.969 bits per heavy atom. The number of alkyl halides is 12. The van der Waals surface area contributed by atoms with E-state index in [-0.39, 0.29) is 10.8 Å². The number of carbonyl (C=O) groups excluding carboxylic acids is 2. The molecule has 0 aliphatic carbocycles. The topological polar surface area (TPSA) is 139 Å². The average Bonchev–Trinajstić information content (AvgIpc) is 3.22. The summed E-state index contributed by atoms with van der Waals surface area (Å²) < 4.78 is 184. The van der Waals surface area contributed by atoms with Crippen LogP contribution in [0.2, 0.25) is 0 Å². The maximum absolute atomic E-state index is 14.5. The third kappa shape index (κ3) is 11.5. The van der Waals surface area contributed by atoms with E-state index in [1.165, 1.54) is 36.4 Å². The average molecular weight is 920 g/mol. The zero-order valence-electron chi connectivity index (χ0n) is 32.2. The van der Waals surface area contributed by atoms with E-state index in [0.717, 1.165) is 48.5 Å². The molecule has 0 aliphatic heterocycles. The molecule has 5 aromatic carbocycles. The number of aromatic amines is 1. The largest absolute Gasteiger partial charge is 0.573 e. The summed E-state index contributed by atoms with van der Waals surface area (Å²) in [6.45, 7) is -2.55. The first-order valence-corrected chi connectivity index (χ1v) is 18.2. The van der Waals surface area contributed by atoms with Gasteiger partial charge in [0.15, 0.2) is 11.2 Å². The minimum atomic E-state index is -5.67. The van der Waals surface area contributed by atoms with Crippen molar-refractivity contribution in [2.75, 3.05) is 13.2 Å². The number of ether oxygens (including phenoxy) is 4. The van der Waals surface area contributed by atoms with Crippen LogP contribution in [-0.4, -0.2) is 65.4 Å². The number of hydrogen-bond acceptors (Lipinski definition) is 9. The maximum Gasteiger partial charge on any atom is 0.573 e. The van der Waals surface area contributed by atoms with E-state index in [4.69, 9.17) is 9.47 Å². The maximum atomic E-state index is 14.5. The molecule has 3 N–H and O–H groups in total. The highest BCUT2D eigenvalue weighted by molar-refractivity contribution is 5.95. The lowest BCUT2D eigenvalue weighted by atomic mass is 9.85. The molecule has 0 fully saturated rings.